The van der Waals surface area contributed by atoms with Crippen LogP contribution in [0.15, 0.2) is 36.7 Å². The molecule has 2 aromatic rings. The molecule has 0 unspecified atom stereocenters. The molecule has 0 aliphatic carbocycles. The van der Waals surface area contributed by atoms with Gasteiger partial charge in [0.15, 0.2) is 5.82 Å². The molecule has 0 spiro atoms. The lowest BCUT2D eigenvalue weighted by atomic mass is 9.99. The zero-order valence-electron chi connectivity index (χ0n) is 21.8. The molecule has 2 atom stereocenters. The van der Waals surface area contributed by atoms with Crippen molar-refractivity contribution in [3.8, 4) is 17.1 Å². The second-order valence-corrected chi connectivity index (χ2v) is 9.89. The summed E-state index contributed by atoms with van der Waals surface area (Å²) in [5.41, 5.74) is 2.29. The molecule has 2 rings (SSSR count). The third-order valence-corrected chi connectivity index (χ3v) is 6.73. The molecule has 0 saturated carbocycles. The average Bonchev–Trinajstić information content (AvgIpc) is 2.84. The van der Waals surface area contributed by atoms with Crippen molar-refractivity contribution in [2.24, 2.45) is 5.92 Å². The van der Waals surface area contributed by atoms with Gasteiger partial charge in [0.25, 0.3) is 0 Å². The van der Waals surface area contributed by atoms with Crippen molar-refractivity contribution in [1.82, 2.24) is 9.97 Å². The second-order valence-electron chi connectivity index (χ2n) is 9.89. The highest BCUT2D eigenvalue weighted by Crippen LogP contribution is 2.21. The maximum atomic E-state index is 6.06. The Hall–Kier alpha value is -1.90. The quantitative estimate of drug-likeness (QED) is 0.211. The number of unbranched alkanes of at least 4 members (excludes halogenated alkanes) is 8. The Labute approximate surface area is 203 Å². The van der Waals surface area contributed by atoms with Gasteiger partial charge in [-0.2, -0.15) is 0 Å². The van der Waals surface area contributed by atoms with Gasteiger partial charge in [0.2, 0.25) is 0 Å². The van der Waals surface area contributed by atoms with Crippen molar-refractivity contribution in [3.05, 3.63) is 42.2 Å². The van der Waals surface area contributed by atoms with E-state index in [1.165, 1.54) is 82.6 Å². The summed E-state index contributed by atoms with van der Waals surface area (Å²) in [6, 6.07) is 8.21. The minimum atomic E-state index is 0.257. The summed E-state index contributed by atoms with van der Waals surface area (Å²) in [6.45, 7) is 9.07. The molecule has 3 nitrogen and oxygen atoms in total. The van der Waals surface area contributed by atoms with E-state index in [9.17, 15) is 0 Å². The summed E-state index contributed by atoms with van der Waals surface area (Å²) in [4.78, 5) is 9.22. The molecule has 0 fully saturated rings. The highest BCUT2D eigenvalue weighted by molar-refractivity contribution is 5.55. The SMILES string of the molecule is CCCCCC[C@@H](C)Oc1ccc(-c2ncc(CCCCCCCC[C@@H](C)CC)cn2)cc1. The third-order valence-electron chi connectivity index (χ3n) is 6.73. The van der Waals surface area contributed by atoms with E-state index in [-0.39, 0.29) is 6.10 Å². The molecular formula is C30H48N2O. The van der Waals surface area contributed by atoms with Gasteiger partial charge in [-0.05, 0) is 68.4 Å². The highest BCUT2D eigenvalue weighted by atomic mass is 16.5. The van der Waals surface area contributed by atoms with E-state index in [2.05, 4.69) is 49.8 Å². The van der Waals surface area contributed by atoms with E-state index in [1.807, 2.05) is 24.5 Å². The van der Waals surface area contributed by atoms with Gasteiger partial charge < -0.3 is 4.74 Å². The number of hydrogen-bond acceptors (Lipinski definition) is 3. The van der Waals surface area contributed by atoms with E-state index < -0.39 is 0 Å². The van der Waals surface area contributed by atoms with Crippen molar-refractivity contribution in [1.29, 1.82) is 0 Å². The monoisotopic (exact) mass is 452 g/mol. The third kappa shape index (κ3) is 11.7. The number of nitrogens with zero attached hydrogens (tertiary/aromatic N) is 2. The van der Waals surface area contributed by atoms with Gasteiger partial charge in [-0.1, -0.05) is 85.0 Å². The summed E-state index contributed by atoms with van der Waals surface area (Å²) in [7, 11) is 0. The first-order chi connectivity index (χ1) is 16.1. The van der Waals surface area contributed by atoms with Gasteiger partial charge in [-0.3, -0.25) is 0 Å². The van der Waals surface area contributed by atoms with Crippen molar-refractivity contribution >= 4 is 0 Å². The average molecular weight is 453 g/mol. The standard InChI is InChI=1S/C30H48N2O/c1-5-7-8-14-17-26(4)33-29-21-19-28(20-22-29)30-31-23-27(24-32-30)18-15-12-10-9-11-13-16-25(3)6-2/h19-26H,5-18H2,1-4H3/t25-,26+/m0/s1. The van der Waals surface area contributed by atoms with Crippen LogP contribution in [0, 0.1) is 5.92 Å². The number of rotatable bonds is 18. The lowest BCUT2D eigenvalue weighted by Gasteiger charge is -2.14. The van der Waals surface area contributed by atoms with Crippen molar-refractivity contribution in [3.63, 3.8) is 0 Å². The summed E-state index contributed by atoms with van der Waals surface area (Å²) in [6.07, 6.45) is 22.4. The van der Waals surface area contributed by atoms with Gasteiger partial charge in [0.1, 0.15) is 5.75 Å². The molecule has 0 saturated heterocycles. The summed E-state index contributed by atoms with van der Waals surface area (Å²) >= 11 is 0. The maximum Gasteiger partial charge on any atom is 0.159 e. The molecule has 1 heterocycles. The first-order valence-corrected chi connectivity index (χ1v) is 13.7. The van der Waals surface area contributed by atoms with E-state index in [1.54, 1.807) is 0 Å². The lowest BCUT2D eigenvalue weighted by molar-refractivity contribution is 0.206. The van der Waals surface area contributed by atoms with Crippen LogP contribution < -0.4 is 4.74 Å². The number of aromatic nitrogens is 2. The topological polar surface area (TPSA) is 35.0 Å². The van der Waals surface area contributed by atoms with Gasteiger partial charge in [0, 0.05) is 18.0 Å². The Kier molecular flexibility index (Phi) is 13.8. The van der Waals surface area contributed by atoms with E-state index in [0.29, 0.717) is 0 Å². The minimum absolute atomic E-state index is 0.257. The molecule has 33 heavy (non-hydrogen) atoms. The molecule has 0 bridgehead atoms. The van der Waals surface area contributed by atoms with Crippen LogP contribution in [0.25, 0.3) is 11.4 Å². The molecule has 1 aromatic heterocycles. The zero-order valence-corrected chi connectivity index (χ0v) is 21.8. The molecular weight excluding hydrogens is 404 g/mol. The van der Waals surface area contributed by atoms with Gasteiger partial charge >= 0.3 is 0 Å². The first-order valence-electron chi connectivity index (χ1n) is 13.7. The summed E-state index contributed by atoms with van der Waals surface area (Å²) in [5, 5.41) is 0. The van der Waals surface area contributed by atoms with Crippen molar-refractivity contribution < 1.29 is 4.74 Å². The number of benzene rings is 1. The van der Waals surface area contributed by atoms with Crippen LogP contribution >= 0.6 is 0 Å². The molecule has 0 radical (unpaired) electrons. The fraction of sp³-hybridized carbons (Fsp3) is 0.667. The first kappa shape index (κ1) is 27.3. The van der Waals surface area contributed by atoms with Crippen LogP contribution in [0.2, 0.25) is 0 Å². The molecule has 1 aromatic carbocycles. The molecule has 184 valence electrons. The van der Waals surface area contributed by atoms with E-state index in [0.717, 1.165) is 35.9 Å². The second kappa shape index (κ2) is 16.7. The largest absolute Gasteiger partial charge is 0.491 e. The summed E-state index contributed by atoms with van der Waals surface area (Å²) in [5.74, 6) is 2.62. The number of ether oxygens (including phenoxy) is 1. The fourth-order valence-electron chi connectivity index (χ4n) is 4.20. The molecule has 3 heteroatoms. The van der Waals surface area contributed by atoms with Crippen molar-refractivity contribution in [2.75, 3.05) is 0 Å². The summed E-state index contributed by atoms with van der Waals surface area (Å²) < 4.78 is 6.06. The smallest absolute Gasteiger partial charge is 0.159 e. The van der Waals surface area contributed by atoms with Gasteiger partial charge in [-0.15, -0.1) is 0 Å². The van der Waals surface area contributed by atoms with Crippen LogP contribution in [0.1, 0.15) is 117 Å². The van der Waals surface area contributed by atoms with Crippen LogP contribution in [0.3, 0.4) is 0 Å². The molecule has 0 aliphatic heterocycles. The zero-order chi connectivity index (χ0) is 23.7. The van der Waals surface area contributed by atoms with Gasteiger partial charge in [0.05, 0.1) is 6.10 Å². The fourth-order valence-corrected chi connectivity index (χ4v) is 4.20. The van der Waals surface area contributed by atoms with Crippen LogP contribution in [-0.4, -0.2) is 16.1 Å². The van der Waals surface area contributed by atoms with Gasteiger partial charge in [-0.25, -0.2) is 9.97 Å². The predicted octanol–water partition coefficient (Wildman–Crippen LogP) is 9.20. The minimum Gasteiger partial charge on any atom is -0.491 e. The van der Waals surface area contributed by atoms with Crippen LogP contribution in [0.5, 0.6) is 5.75 Å². The van der Waals surface area contributed by atoms with Crippen molar-refractivity contribution in [2.45, 2.75) is 124 Å². The number of hydrogen-bond donors (Lipinski definition) is 0. The van der Waals surface area contributed by atoms with Crippen LogP contribution in [0.4, 0.5) is 0 Å². The Balaban J connectivity index is 1.65. The van der Waals surface area contributed by atoms with E-state index >= 15 is 0 Å². The maximum absolute atomic E-state index is 6.06. The molecule has 0 aliphatic rings. The highest BCUT2D eigenvalue weighted by Gasteiger charge is 2.06. The predicted molar refractivity (Wildman–Crippen MR) is 142 cm³/mol. The Bertz CT molecular complexity index is 726. The normalized spacial score (nSPS) is 13.1. The molecule has 0 N–H and O–H groups in total. The Morgan fingerprint density at radius 3 is 2.00 bits per heavy atom. The van der Waals surface area contributed by atoms with Crippen LogP contribution in [-0.2, 0) is 6.42 Å². The number of aryl methyl sites for hydroxylation is 1. The Morgan fingerprint density at radius 1 is 0.727 bits per heavy atom. The Morgan fingerprint density at radius 2 is 1.33 bits per heavy atom. The van der Waals surface area contributed by atoms with E-state index in [4.69, 9.17) is 4.74 Å². The lowest BCUT2D eigenvalue weighted by Crippen LogP contribution is -2.11. The molecule has 0 amide bonds.